The van der Waals surface area contributed by atoms with Crippen LogP contribution in [0.5, 0.6) is 0 Å². The Hall–Kier alpha value is -1.80. The molecule has 9 heteroatoms. The third-order valence-electron chi connectivity index (χ3n) is 2.47. The fourth-order valence-electron chi connectivity index (χ4n) is 1.67. The molecule has 0 radical (unpaired) electrons. The van der Waals surface area contributed by atoms with Crippen LogP contribution in [0.3, 0.4) is 0 Å². The summed E-state index contributed by atoms with van der Waals surface area (Å²) < 4.78 is 22.1. The minimum atomic E-state index is -3.18. The standard InChI is InChI=1S/C13H18ClN3O4S/c1-9(8-22(2,20)21)16-13(19)15-7-12(18)17-11-5-3-10(14)4-6-11/h3-6,9H,7-8H2,1-2H3,(H,17,18)(H2,15,16,19)/t9-/m1/s1. The Morgan fingerprint density at radius 2 is 1.82 bits per heavy atom. The largest absolute Gasteiger partial charge is 0.335 e. The maximum atomic E-state index is 11.6. The van der Waals surface area contributed by atoms with Crippen molar-refractivity contribution in [3.05, 3.63) is 29.3 Å². The van der Waals surface area contributed by atoms with E-state index in [9.17, 15) is 18.0 Å². The van der Waals surface area contributed by atoms with E-state index in [1.165, 1.54) is 0 Å². The Morgan fingerprint density at radius 1 is 1.23 bits per heavy atom. The van der Waals surface area contributed by atoms with Gasteiger partial charge in [0.2, 0.25) is 5.91 Å². The third-order valence-corrected chi connectivity index (χ3v) is 3.83. The zero-order valence-electron chi connectivity index (χ0n) is 12.2. The first-order valence-electron chi connectivity index (χ1n) is 6.43. The van der Waals surface area contributed by atoms with Crippen LogP contribution < -0.4 is 16.0 Å². The predicted octanol–water partition coefficient (Wildman–Crippen LogP) is 1.01. The third kappa shape index (κ3) is 7.84. The number of carbonyl (C=O) groups excluding carboxylic acids is 2. The lowest BCUT2D eigenvalue weighted by atomic mass is 10.3. The minimum Gasteiger partial charge on any atom is -0.335 e. The Balaban J connectivity index is 2.34. The van der Waals surface area contributed by atoms with Crippen molar-refractivity contribution in [2.24, 2.45) is 0 Å². The van der Waals surface area contributed by atoms with Crippen LogP contribution in [0.15, 0.2) is 24.3 Å². The van der Waals surface area contributed by atoms with E-state index in [-0.39, 0.29) is 12.3 Å². The Labute approximate surface area is 134 Å². The van der Waals surface area contributed by atoms with Crippen molar-refractivity contribution in [1.29, 1.82) is 0 Å². The van der Waals surface area contributed by atoms with Gasteiger partial charge in [-0.05, 0) is 31.2 Å². The first kappa shape index (κ1) is 18.2. The van der Waals surface area contributed by atoms with Gasteiger partial charge in [0.1, 0.15) is 9.84 Å². The average Bonchev–Trinajstić information content (AvgIpc) is 2.37. The van der Waals surface area contributed by atoms with E-state index in [2.05, 4.69) is 16.0 Å². The number of nitrogens with one attached hydrogen (secondary N) is 3. The molecule has 1 rings (SSSR count). The van der Waals surface area contributed by atoms with Gasteiger partial charge in [0.15, 0.2) is 0 Å². The molecular formula is C13H18ClN3O4S. The molecule has 1 atom stereocenters. The first-order chi connectivity index (χ1) is 10.2. The molecule has 122 valence electrons. The molecule has 0 spiro atoms. The molecule has 7 nitrogen and oxygen atoms in total. The summed E-state index contributed by atoms with van der Waals surface area (Å²) in [6.07, 6.45) is 1.09. The van der Waals surface area contributed by atoms with E-state index in [4.69, 9.17) is 11.6 Å². The van der Waals surface area contributed by atoms with Crippen molar-refractivity contribution < 1.29 is 18.0 Å². The monoisotopic (exact) mass is 347 g/mol. The predicted molar refractivity (Wildman–Crippen MR) is 85.8 cm³/mol. The number of carbonyl (C=O) groups is 2. The van der Waals surface area contributed by atoms with Crippen molar-refractivity contribution in [2.45, 2.75) is 13.0 Å². The van der Waals surface area contributed by atoms with Gasteiger partial charge in [-0.15, -0.1) is 0 Å². The topological polar surface area (TPSA) is 104 Å². The smallest absolute Gasteiger partial charge is 0.315 e. The molecule has 0 bridgehead atoms. The van der Waals surface area contributed by atoms with Crippen LogP contribution in [-0.4, -0.2) is 45.0 Å². The van der Waals surface area contributed by atoms with Gasteiger partial charge in [0, 0.05) is 23.0 Å². The summed E-state index contributed by atoms with van der Waals surface area (Å²) in [5.41, 5.74) is 0.557. The molecule has 0 unspecified atom stereocenters. The van der Waals surface area contributed by atoms with Gasteiger partial charge in [-0.1, -0.05) is 11.6 Å². The summed E-state index contributed by atoms with van der Waals surface area (Å²) in [4.78, 5) is 23.2. The number of hydrogen-bond donors (Lipinski definition) is 3. The van der Waals surface area contributed by atoms with Crippen LogP contribution in [0.2, 0.25) is 5.02 Å². The highest BCUT2D eigenvalue weighted by Gasteiger charge is 2.13. The van der Waals surface area contributed by atoms with E-state index < -0.39 is 27.8 Å². The van der Waals surface area contributed by atoms with Gasteiger partial charge >= 0.3 is 6.03 Å². The average molecular weight is 348 g/mol. The van der Waals surface area contributed by atoms with E-state index in [1.54, 1.807) is 31.2 Å². The molecule has 0 aliphatic rings. The number of urea groups is 1. The molecule has 1 aromatic carbocycles. The number of amides is 3. The fraction of sp³-hybridized carbons (Fsp3) is 0.385. The summed E-state index contributed by atoms with van der Waals surface area (Å²) >= 11 is 5.72. The lowest BCUT2D eigenvalue weighted by molar-refractivity contribution is -0.115. The first-order valence-corrected chi connectivity index (χ1v) is 8.87. The number of halogens is 1. The van der Waals surface area contributed by atoms with Gasteiger partial charge in [-0.25, -0.2) is 13.2 Å². The Morgan fingerprint density at radius 3 is 2.36 bits per heavy atom. The summed E-state index contributed by atoms with van der Waals surface area (Å²) in [7, 11) is -3.18. The lowest BCUT2D eigenvalue weighted by Crippen LogP contribution is -2.45. The molecule has 0 aliphatic carbocycles. The Kier molecular flexibility index (Phi) is 6.63. The maximum Gasteiger partial charge on any atom is 0.315 e. The maximum absolute atomic E-state index is 11.6. The number of rotatable bonds is 6. The quantitative estimate of drug-likeness (QED) is 0.714. The van der Waals surface area contributed by atoms with Gasteiger partial charge in [0.25, 0.3) is 0 Å². The molecule has 0 saturated carbocycles. The van der Waals surface area contributed by atoms with Crippen molar-refractivity contribution in [1.82, 2.24) is 10.6 Å². The molecule has 0 aliphatic heterocycles. The van der Waals surface area contributed by atoms with Crippen molar-refractivity contribution in [3.63, 3.8) is 0 Å². The van der Waals surface area contributed by atoms with Crippen LogP contribution in [0.1, 0.15) is 6.92 Å². The number of hydrogen-bond acceptors (Lipinski definition) is 4. The van der Waals surface area contributed by atoms with Crippen LogP contribution in [0.25, 0.3) is 0 Å². The number of anilines is 1. The van der Waals surface area contributed by atoms with Crippen LogP contribution in [0.4, 0.5) is 10.5 Å². The molecule has 22 heavy (non-hydrogen) atoms. The van der Waals surface area contributed by atoms with Gasteiger partial charge in [0.05, 0.1) is 12.3 Å². The zero-order valence-corrected chi connectivity index (χ0v) is 13.8. The van der Waals surface area contributed by atoms with Crippen LogP contribution >= 0.6 is 11.6 Å². The van der Waals surface area contributed by atoms with E-state index in [0.717, 1.165) is 6.26 Å². The molecule has 0 heterocycles. The molecule has 0 saturated heterocycles. The molecular weight excluding hydrogens is 330 g/mol. The lowest BCUT2D eigenvalue weighted by Gasteiger charge is -2.13. The van der Waals surface area contributed by atoms with Crippen molar-refractivity contribution >= 4 is 39.1 Å². The number of benzene rings is 1. The molecule has 1 aromatic rings. The Bertz CT molecular complexity index is 631. The molecule has 3 amide bonds. The SMILES string of the molecule is C[C@H](CS(C)(=O)=O)NC(=O)NCC(=O)Nc1ccc(Cl)cc1. The molecule has 3 N–H and O–H groups in total. The minimum absolute atomic E-state index is 0.169. The highest BCUT2D eigenvalue weighted by atomic mass is 35.5. The van der Waals surface area contributed by atoms with Crippen molar-refractivity contribution in [3.8, 4) is 0 Å². The highest BCUT2D eigenvalue weighted by molar-refractivity contribution is 7.90. The van der Waals surface area contributed by atoms with Gasteiger partial charge < -0.3 is 16.0 Å². The van der Waals surface area contributed by atoms with Crippen LogP contribution in [-0.2, 0) is 14.6 Å². The van der Waals surface area contributed by atoms with E-state index in [1.807, 2.05) is 0 Å². The van der Waals surface area contributed by atoms with E-state index >= 15 is 0 Å². The van der Waals surface area contributed by atoms with Crippen LogP contribution in [0, 0.1) is 0 Å². The normalized spacial score (nSPS) is 12.3. The van der Waals surface area contributed by atoms with Gasteiger partial charge in [-0.2, -0.15) is 0 Å². The van der Waals surface area contributed by atoms with E-state index in [0.29, 0.717) is 10.7 Å². The number of sulfone groups is 1. The summed E-state index contributed by atoms with van der Waals surface area (Å²) in [5, 5.41) is 7.92. The second-order valence-corrected chi connectivity index (χ2v) is 7.50. The second-order valence-electron chi connectivity index (χ2n) is 4.88. The molecule has 0 fully saturated rings. The van der Waals surface area contributed by atoms with Gasteiger partial charge in [-0.3, -0.25) is 4.79 Å². The van der Waals surface area contributed by atoms with Crippen molar-refractivity contribution in [2.75, 3.05) is 23.9 Å². The summed E-state index contributed by atoms with van der Waals surface area (Å²) in [5.74, 6) is -0.578. The fourth-order valence-corrected chi connectivity index (χ4v) is 2.79. The zero-order chi connectivity index (χ0) is 16.8. The summed E-state index contributed by atoms with van der Waals surface area (Å²) in [6.45, 7) is 1.33. The highest BCUT2D eigenvalue weighted by Crippen LogP contribution is 2.12. The summed E-state index contributed by atoms with van der Waals surface area (Å²) in [6, 6.07) is 5.37. The molecule has 0 aromatic heterocycles. The second kappa shape index (κ2) is 8.00.